The van der Waals surface area contributed by atoms with Crippen molar-refractivity contribution in [2.24, 2.45) is 0 Å². The Balaban J connectivity index is -0.000000125. The molecule has 0 amide bonds. The average molecular weight is 164 g/mol. The molecular weight excluding hydrogens is 156 g/mol. The first-order valence-corrected chi connectivity index (χ1v) is 1.55. The summed E-state index contributed by atoms with van der Waals surface area (Å²) in [6.45, 7) is 1.20. The zero-order valence-corrected chi connectivity index (χ0v) is 5.34. The summed E-state index contributed by atoms with van der Waals surface area (Å²) in [7, 11) is 0. The zero-order chi connectivity index (χ0) is 5.15. The molecular formula is C3H8FeO4. The van der Waals surface area contributed by atoms with Gasteiger partial charge in [-0.15, -0.1) is 0 Å². The van der Waals surface area contributed by atoms with E-state index < -0.39 is 12.1 Å². The maximum atomic E-state index is 9.45. The third-order valence-electron chi connectivity index (χ3n) is 0.357. The molecule has 0 rings (SSSR count). The van der Waals surface area contributed by atoms with Crippen molar-refractivity contribution in [2.45, 2.75) is 13.0 Å². The molecule has 1 unspecified atom stereocenters. The first-order chi connectivity index (χ1) is 2.64. The molecule has 0 spiro atoms. The van der Waals surface area contributed by atoms with E-state index in [9.17, 15) is 4.79 Å². The first kappa shape index (κ1) is 15.7. The molecule has 4 N–H and O–H groups in total. The van der Waals surface area contributed by atoms with Crippen molar-refractivity contribution < 1.29 is 37.6 Å². The number of hydrogen-bond donors (Lipinski definition) is 2. The van der Waals surface area contributed by atoms with Crippen molar-refractivity contribution in [1.29, 1.82) is 0 Å². The maximum absolute atomic E-state index is 9.45. The normalized spacial score (nSPS) is 10.2. The second kappa shape index (κ2) is 6.91. The average Bonchev–Trinajstić information content (AvgIpc) is 1.36. The van der Waals surface area contributed by atoms with Crippen LogP contribution in [-0.4, -0.2) is 27.8 Å². The van der Waals surface area contributed by atoms with E-state index in [2.05, 4.69) is 0 Å². The second-order valence-electron chi connectivity index (χ2n) is 1.01. The van der Waals surface area contributed by atoms with Crippen LogP contribution in [0.3, 0.4) is 0 Å². The van der Waals surface area contributed by atoms with Crippen molar-refractivity contribution in [3.63, 3.8) is 0 Å². The molecule has 52 valence electrons. The monoisotopic (exact) mass is 164 g/mol. The second-order valence-corrected chi connectivity index (χ2v) is 1.01. The van der Waals surface area contributed by atoms with Crippen LogP contribution in [0.5, 0.6) is 0 Å². The van der Waals surface area contributed by atoms with Crippen molar-refractivity contribution >= 4 is 5.97 Å². The van der Waals surface area contributed by atoms with Gasteiger partial charge in [0.1, 0.15) is 6.10 Å². The van der Waals surface area contributed by atoms with Gasteiger partial charge in [-0.1, -0.05) is 0 Å². The SMILES string of the molecule is CC(O)C(=O)O.O.[Fe]. The number of aliphatic carboxylic acids is 1. The molecule has 0 heterocycles. The molecule has 8 heavy (non-hydrogen) atoms. The minimum atomic E-state index is -1.23. The fourth-order valence-corrected chi connectivity index (χ4v) is 0. The topological polar surface area (TPSA) is 89.0 Å². The number of carbonyl (C=O) groups is 1. The molecule has 0 saturated carbocycles. The third-order valence-corrected chi connectivity index (χ3v) is 0.357. The number of rotatable bonds is 1. The minimum absolute atomic E-state index is 0. The maximum Gasteiger partial charge on any atom is 0.332 e. The van der Waals surface area contributed by atoms with E-state index in [-0.39, 0.29) is 22.5 Å². The molecule has 4 nitrogen and oxygen atoms in total. The van der Waals surface area contributed by atoms with Gasteiger partial charge in [0.25, 0.3) is 0 Å². The van der Waals surface area contributed by atoms with Crippen LogP contribution in [0.4, 0.5) is 0 Å². The molecule has 0 aliphatic carbocycles. The van der Waals surface area contributed by atoms with Crippen LogP contribution in [0.1, 0.15) is 6.92 Å². The summed E-state index contributed by atoms with van der Waals surface area (Å²) in [4.78, 5) is 9.45. The van der Waals surface area contributed by atoms with Gasteiger partial charge in [-0.2, -0.15) is 0 Å². The molecule has 0 radical (unpaired) electrons. The van der Waals surface area contributed by atoms with Crippen molar-refractivity contribution in [1.82, 2.24) is 0 Å². The summed E-state index contributed by atoms with van der Waals surface area (Å²) < 4.78 is 0. The van der Waals surface area contributed by atoms with E-state index in [1.165, 1.54) is 6.92 Å². The number of carboxylic acid groups (broad SMARTS) is 1. The summed E-state index contributed by atoms with van der Waals surface area (Å²) in [5, 5.41) is 15.8. The Bertz CT molecular complexity index is 62.3. The molecule has 0 aromatic heterocycles. The first-order valence-electron chi connectivity index (χ1n) is 1.55. The summed E-state index contributed by atoms with van der Waals surface area (Å²) in [5.74, 6) is -1.19. The zero-order valence-electron chi connectivity index (χ0n) is 4.23. The Hall–Kier alpha value is -0.0905. The molecule has 1 atom stereocenters. The third kappa shape index (κ3) is 9.32. The van der Waals surface area contributed by atoms with Gasteiger partial charge < -0.3 is 15.7 Å². The number of aliphatic hydroxyl groups is 1. The molecule has 0 aromatic carbocycles. The smallest absolute Gasteiger partial charge is 0.332 e. The minimum Gasteiger partial charge on any atom is -0.479 e. The quantitative estimate of drug-likeness (QED) is 0.468. The van der Waals surface area contributed by atoms with Crippen LogP contribution >= 0.6 is 0 Å². The van der Waals surface area contributed by atoms with Gasteiger partial charge in [0.15, 0.2) is 0 Å². The van der Waals surface area contributed by atoms with Gasteiger partial charge in [-0.05, 0) is 6.92 Å². The Morgan fingerprint density at radius 3 is 1.75 bits per heavy atom. The van der Waals surface area contributed by atoms with Crippen LogP contribution in [-0.2, 0) is 21.9 Å². The number of aliphatic hydroxyl groups excluding tert-OH is 1. The summed E-state index contributed by atoms with van der Waals surface area (Å²) >= 11 is 0. The molecule has 0 aliphatic rings. The Kier molecular flexibility index (Phi) is 13.5. The van der Waals surface area contributed by atoms with E-state index in [4.69, 9.17) is 10.2 Å². The number of carboxylic acids is 1. The van der Waals surface area contributed by atoms with E-state index in [0.717, 1.165) is 0 Å². The van der Waals surface area contributed by atoms with Gasteiger partial charge in [0.2, 0.25) is 0 Å². The summed E-state index contributed by atoms with van der Waals surface area (Å²) in [6, 6.07) is 0. The van der Waals surface area contributed by atoms with E-state index >= 15 is 0 Å². The van der Waals surface area contributed by atoms with Crippen molar-refractivity contribution in [2.75, 3.05) is 0 Å². The standard InChI is InChI=1S/C3H6O3.Fe.H2O/c1-2(4)3(5)6;;/h2,4H,1H3,(H,5,6);;1H2. The van der Waals surface area contributed by atoms with E-state index in [1.807, 2.05) is 0 Å². The van der Waals surface area contributed by atoms with Crippen LogP contribution < -0.4 is 0 Å². The Morgan fingerprint density at radius 1 is 1.62 bits per heavy atom. The fraction of sp³-hybridized carbons (Fsp3) is 0.667. The van der Waals surface area contributed by atoms with E-state index in [1.54, 1.807) is 0 Å². The van der Waals surface area contributed by atoms with E-state index in [0.29, 0.717) is 0 Å². The van der Waals surface area contributed by atoms with Gasteiger partial charge in [-0.3, -0.25) is 0 Å². The van der Waals surface area contributed by atoms with Crippen LogP contribution in [0, 0.1) is 0 Å². The summed E-state index contributed by atoms with van der Waals surface area (Å²) in [5.41, 5.74) is 0. The molecule has 0 fully saturated rings. The summed E-state index contributed by atoms with van der Waals surface area (Å²) in [6.07, 6.45) is -1.23. The van der Waals surface area contributed by atoms with Gasteiger partial charge in [0.05, 0.1) is 0 Å². The van der Waals surface area contributed by atoms with Crippen molar-refractivity contribution in [3.05, 3.63) is 0 Å². The molecule has 0 aliphatic heterocycles. The van der Waals surface area contributed by atoms with Crippen molar-refractivity contribution in [3.8, 4) is 0 Å². The molecule has 0 bridgehead atoms. The molecule has 0 aromatic rings. The Morgan fingerprint density at radius 2 is 1.75 bits per heavy atom. The molecule has 0 saturated heterocycles. The predicted octanol–water partition coefficient (Wildman–Crippen LogP) is -1.38. The Labute approximate surface area is 57.3 Å². The number of hydrogen-bond acceptors (Lipinski definition) is 2. The van der Waals surface area contributed by atoms with Gasteiger partial charge >= 0.3 is 5.97 Å². The largest absolute Gasteiger partial charge is 0.479 e. The van der Waals surface area contributed by atoms with Gasteiger partial charge in [-0.25, -0.2) is 4.79 Å². The van der Waals surface area contributed by atoms with Crippen LogP contribution in [0.25, 0.3) is 0 Å². The van der Waals surface area contributed by atoms with Gasteiger partial charge in [0, 0.05) is 17.1 Å². The molecule has 5 heteroatoms. The fourth-order valence-electron chi connectivity index (χ4n) is 0. The van der Waals surface area contributed by atoms with Crippen LogP contribution in [0.15, 0.2) is 0 Å². The van der Waals surface area contributed by atoms with Crippen LogP contribution in [0.2, 0.25) is 0 Å². The predicted molar refractivity (Wildman–Crippen MR) is 22.9 cm³/mol.